The van der Waals surface area contributed by atoms with Crippen LogP contribution in [0.15, 0.2) is 0 Å². The van der Waals surface area contributed by atoms with E-state index in [9.17, 15) is 0 Å². The molecule has 1 nitrogen and oxygen atoms in total. The quantitative estimate of drug-likeness (QED) is 0.596. The minimum atomic E-state index is 0. The summed E-state index contributed by atoms with van der Waals surface area (Å²) in [4.78, 5) is 2.49. The van der Waals surface area contributed by atoms with Crippen molar-refractivity contribution < 1.29 is 0 Å². The SMILES string of the molecule is C.CN(CC(C)(C)C)C1CC1. The lowest BCUT2D eigenvalue weighted by molar-refractivity contribution is 0.219. The third-order valence-corrected chi connectivity index (χ3v) is 1.89. The van der Waals surface area contributed by atoms with Gasteiger partial charge in [0.15, 0.2) is 0 Å². The third kappa shape index (κ3) is 4.41. The van der Waals surface area contributed by atoms with Crippen LogP contribution in [0.25, 0.3) is 0 Å². The predicted octanol–water partition coefficient (Wildman–Crippen LogP) is 2.76. The molecule has 0 aromatic rings. The molecule has 0 bridgehead atoms. The Morgan fingerprint density at radius 1 is 1.27 bits per heavy atom. The van der Waals surface area contributed by atoms with E-state index in [0.717, 1.165) is 6.04 Å². The monoisotopic (exact) mass is 157 g/mol. The van der Waals surface area contributed by atoms with Crippen LogP contribution in [0.1, 0.15) is 41.0 Å². The van der Waals surface area contributed by atoms with Gasteiger partial charge in [-0.15, -0.1) is 0 Å². The molecule has 0 aromatic carbocycles. The van der Waals surface area contributed by atoms with Gasteiger partial charge in [-0.25, -0.2) is 0 Å². The Morgan fingerprint density at radius 3 is 2.00 bits per heavy atom. The van der Waals surface area contributed by atoms with Gasteiger partial charge in [0.05, 0.1) is 0 Å². The minimum absolute atomic E-state index is 0. The molecule has 1 saturated carbocycles. The van der Waals surface area contributed by atoms with Crippen LogP contribution in [0.4, 0.5) is 0 Å². The molecule has 0 spiro atoms. The van der Waals surface area contributed by atoms with Crippen LogP contribution in [0.2, 0.25) is 0 Å². The fraction of sp³-hybridized carbons (Fsp3) is 1.00. The first-order valence-corrected chi connectivity index (χ1v) is 4.19. The van der Waals surface area contributed by atoms with Crippen LogP contribution >= 0.6 is 0 Å². The lowest BCUT2D eigenvalue weighted by Crippen LogP contribution is -2.30. The second-order valence-corrected chi connectivity index (χ2v) is 4.71. The summed E-state index contributed by atoms with van der Waals surface area (Å²) in [7, 11) is 2.24. The van der Waals surface area contributed by atoms with Crippen molar-refractivity contribution in [1.29, 1.82) is 0 Å². The van der Waals surface area contributed by atoms with E-state index in [4.69, 9.17) is 0 Å². The Kier molecular flexibility index (Phi) is 3.56. The fourth-order valence-corrected chi connectivity index (χ4v) is 1.39. The molecule has 0 aromatic heterocycles. The maximum Gasteiger partial charge on any atom is 0.00935 e. The van der Waals surface area contributed by atoms with E-state index in [0.29, 0.717) is 5.41 Å². The summed E-state index contributed by atoms with van der Waals surface area (Å²) < 4.78 is 0. The Labute approximate surface area is 71.8 Å². The molecule has 11 heavy (non-hydrogen) atoms. The van der Waals surface area contributed by atoms with Crippen LogP contribution in [0.5, 0.6) is 0 Å². The molecule has 1 fully saturated rings. The summed E-state index contributed by atoms with van der Waals surface area (Å²) in [6.45, 7) is 8.13. The molecule has 0 saturated heterocycles. The second-order valence-electron chi connectivity index (χ2n) is 4.71. The van der Waals surface area contributed by atoms with Crippen molar-refractivity contribution in [2.45, 2.75) is 47.1 Å². The first-order valence-electron chi connectivity index (χ1n) is 4.19. The lowest BCUT2D eigenvalue weighted by Gasteiger charge is -2.26. The molecule has 0 N–H and O–H groups in total. The van der Waals surface area contributed by atoms with E-state index >= 15 is 0 Å². The number of rotatable bonds is 2. The van der Waals surface area contributed by atoms with E-state index in [1.54, 1.807) is 0 Å². The normalized spacial score (nSPS) is 18.3. The molecule has 0 radical (unpaired) electrons. The first-order chi connectivity index (χ1) is 4.49. The molecule has 0 atom stereocenters. The van der Waals surface area contributed by atoms with Gasteiger partial charge in [0.1, 0.15) is 0 Å². The summed E-state index contributed by atoms with van der Waals surface area (Å²) in [6, 6.07) is 0.916. The van der Waals surface area contributed by atoms with E-state index < -0.39 is 0 Å². The van der Waals surface area contributed by atoms with Crippen LogP contribution < -0.4 is 0 Å². The van der Waals surface area contributed by atoms with Gasteiger partial charge in [0.2, 0.25) is 0 Å². The van der Waals surface area contributed by atoms with Crippen molar-refractivity contribution in [1.82, 2.24) is 4.90 Å². The topological polar surface area (TPSA) is 3.24 Å². The highest BCUT2D eigenvalue weighted by molar-refractivity contribution is 4.84. The highest BCUT2D eigenvalue weighted by atomic mass is 15.2. The van der Waals surface area contributed by atoms with E-state index in [-0.39, 0.29) is 7.43 Å². The van der Waals surface area contributed by atoms with Crippen LogP contribution in [0.3, 0.4) is 0 Å². The molecule has 0 aliphatic heterocycles. The summed E-state index contributed by atoms with van der Waals surface area (Å²) in [5, 5.41) is 0. The number of hydrogen-bond donors (Lipinski definition) is 0. The summed E-state index contributed by atoms with van der Waals surface area (Å²) in [5.74, 6) is 0. The van der Waals surface area contributed by atoms with Crippen molar-refractivity contribution >= 4 is 0 Å². The van der Waals surface area contributed by atoms with Crippen LogP contribution in [-0.4, -0.2) is 24.5 Å². The molecular weight excluding hydrogens is 134 g/mol. The zero-order valence-corrected chi connectivity index (χ0v) is 7.65. The molecule has 68 valence electrons. The molecule has 1 rings (SSSR count). The fourth-order valence-electron chi connectivity index (χ4n) is 1.39. The maximum absolute atomic E-state index is 2.49. The highest BCUT2D eigenvalue weighted by Gasteiger charge is 2.28. The van der Waals surface area contributed by atoms with Crippen molar-refractivity contribution in [3.05, 3.63) is 0 Å². The van der Waals surface area contributed by atoms with Gasteiger partial charge in [0, 0.05) is 12.6 Å². The van der Waals surface area contributed by atoms with Gasteiger partial charge in [-0.2, -0.15) is 0 Å². The molecule has 1 aliphatic rings. The Hall–Kier alpha value is -0.0400. The van der Waals surface area contributed by atoms with Crippen LogP contribution in [-0.2, 0) is 0 Å². The minimum Gasteiger partial charge on any atom is -0.303 e. The lowest BCUT2D eigenvalue weighted by atomic mass is 9.96. The Bertz CT molecular complexity index is 109. The van der Waals surface area contributed by atoms with E-state index in [1.165, 1.54) is 19.4 Å². The predicted molar refractivity (Wildman–Crippen MR) is 51.8 cm³/mol. The standard InChI is InChI=1S/C9H19N.CH4/c1-9(2,3)7-10(4)8-5-6-8;/h8H,5-7H2,1-4H3;1H4. The van der Waals surface area contributed by atoms with Gasteiger partial charge < -0.3 is 4.90 Å². The summed E-state index contributed by atoms with van der Waals surface area (Å²) >= 11 is 0. The molecule has 1 aliphatic carbocycles. The Balaban J connectivity index is 0.000001000. The van der Waals surface area contributed by atoms with Gasteiger partial charge >= 0.3 is 0 Å². The smallest absolute Gasteiger partial charge is 0.00935 e. The maximum atomic E-state index is 2.49. The average Bonchev–Trinajstić information content (AvgIpc) is 2.35. The molecule has 1 heteroatoms. The largest absolute Gasteiger partial charge is 0.303 e. The van der Waals surface area contributed by atoms with Gasteiger partial charge in [0.25, 0.3) is 0 Å². The average molecular weight is 157 g/mol. The van der Waals surface area contributed by atoms with Crippen molar-refractivity contribution in [3.8, 4) is 0 Å². The third-order valence-electron chi connectivity index (χ3n) is 1.89. The zero-order chi connectivity index (χ0) is 7.78. The van der Waals surface area contributed by atoms with E-state index in [2.05, 4.69) is 32.7 Å². The summed E-state index contributed by atoms with van der Waals surface area (Å²) in [5.41, 5.74) is 0.470. The Morgan fingerprint density at radius 2 is 1.73 bits per heavy atom. The van der Waals surface area contributed by atoms with Crippen molar-refractivity contribution in [2.75, 3.05) is 13.6 Å². The molecule has 0 heterocycles. The second kappa shape index (κ2) is 3.57. The van der Waals surface area contributed by atoms with Gasteiger partial charge in [-0.05, 0) is 25.3 Å². The highest BCUT2D eigenvalue weighted by Crippen LogP contribution is 2.28. The molecule has 0 unspecified atom stereocenters. The first kappa shape index (κ1) is 11.0. The van der Waals surface area contributed by atoms with Gasteiger partial charge in [-0.3, -0.25) is 0 Å². The zero-order valence-electron chi connectivity index (χ0n) is 7.65. The number of nitrogens with zero attached hydrogens (tertiary/aromatic N) is 1. The van der Waals surface area contributed by atoms with Crippen molar-refractivity contribution in [3.63, 3.8) is 0 Å². The van der Waals surface area contributed by atoms with Gasteiger partial charge in [-0.1, -0.05) is 28.2 Å². The van der Waals surface area contributed by atoms with E-state index in [1.807, 2.05) is 0 Å². The van der Waals surface area contributed by atoms with Crippen molar-refractivity contribution in [2.24, 2.45) is 5.41 Å². The molecular formula is C10H23N. The van der Waals surface area contributed by atoms with Crippen LogP contribution in [0, 0.1) is 5.41 Å². The molecule has 0 amide bonds. The number of hydrogen-bond acceptors (Lipinski definition) is 1. The summed E-state index contributed by atoms with van der Waals surface area (Å²) in [6.07, 6.45) is 2.85.